The largest absolute Gasteiger partial charge is 0.480 e. The minimum atomic E-state index is -4.44. The first-order valence-electron chi connectivity index (χ1n) is 5.63. The molecule has 1 amide bonds. The van der Waals surface area contributed by atoms with Crippen molar-refractivity contribution in [2.24, 2.45) is 0 Å². The summed E-state index contributed by atoms with van der Waals surface area (Å²) in [5.41, 5.74) is -0.156. The maximum absolute atomic E-state index is 12.4. The van der Waals surface area contributed by atoms with E-state index in [9.17, 15) is 22.8 Å². The average molecular weight is 308 g/mol. The highest BCUT2D eigenvalue weighted by molar-refractivity contribution is 7.99. The number of carbonyl (C=O) groups is 2. The Morgan fingerprint density at radius 2 is 2.15 bits per heavy atom. The van der Waals surface area contributed by atoms with Crippen LogP contribution in [-0.2, 0) is 11.3 Å². The van der Waals surface area contributed by atoms with Gasteiger partial charge in [-0.1, -0.05) is 0 Å². The predicted octanol–water partition coefficient (Wildman–Crippen LogP) is 1.65. The van der Waals surface area contributed by atoms with Gasteiger partial charge in [-0.25, -0.2) is 4.79 Å². The van der Waals surface area contributed by atoms with Crippen molar-refractivity contribution in [2.45, 2.75) is 18.8 Å². The molecule has 1 aromatic rings. The Labute approximate surface area is 116 Å². The molecule has 0 saturated carbocycles. The SMILES string of the molecule is O=C(O)[C@@H]1CSCN1C(=O)c1cccn1CC(F)(F)F. The molecule has 1 fully saturated rings. The van der Waals surface area contributed by atoms with E-state index in [2.05, 4.69) is 0 Å². The van der Waals surface area contributed by atoms with Gasteiger partial charge < -0.3 is 14.6 Å². The number of nitrogens with zero attached hydrogens (tertiary/aromatic N) is 2. The van der Waals surface area contributed by atoms with Crippen LogP contribution in [0.5, 0.6) is 0 Å². The van der Waals surface area contributed by atoms with Gasteiger partial charge >= 0.3 is 12.1 Å². The molecule has 5 nitrogen and oxygen atoms in total. The minimum absolute atomic E-state index is 0.156. The lowest BCUT2D eigenvalue weighted by Gasteiger charge is -2.21. The number of hydrogen-bond donors (Lipinski definition) is 1. The number of carboxylic acids is 1. The van der Waals surface area contributed by atoms with Gasteiger partial charge in [-0.3, -0.25) is 4.79 Å². The molecule has 0 aliphatic carbocycles. The lowest BCUT2D eigenvalue weighted by atomic mass is 10.2. The predicted molar refractivity (Wildman–Crippen MR) is 65.4 cm³/mol. The minimum Gasteiger partial charge on any atom is -0.480 e. The highest BCUT2D eigenvalue weighted by Gasteiger charge is 2.37. The second kappa shape index (κ2) is 5.39. The van der Waals surface area contributed by atoms with Gasteiger partial charge in [-0.15, -0.1) is 11.8 Å². The third kappa shape index (κ3) is 3.09. The fourth-order valence-electron chi connectivity index (χ4n) is 1.93. The smallest absolute Gasteiger partial charge is 0.406 e. The Balaban J connectivity index is 2.22. The molecule has 9 heteroatoms. The van der Waals surface area contributed by atoms with E-state index in [1.165, 1.54) is 23.9 Å². The van der Waals surface area contributed by atoms with Crippen molar-refractivity contribution in [3.8, 4) is 0 Å². The van der Waals surface area contributed by atoms with E-state index in [0.29, 0.717) is 0 Å². The zero-order valence-corrected chi connectivity index (χ0v) is 10.9. The molecule has 0 unspecified atom stereocenters. The Hall–Kier alpha value is -1.64. The van der Waals surface area contributed by atoms with E-state index in [1.807, 2.05) is 0 Å². The first kappa shape index (κ1) is 14.8. The Kier molecular flexibility index (Phi) is 3.98. The number of carbonyl (C=O) groups excluding carboxylic acids is 1. The van der Waals surface area contributed by atoms with Crippen LogP contribution in [0.25, 0.3) is 0 Å². The molecule has 20 heavy (non-hydrogen) atoms. The molecule has 0 bridgehead atoms. The molecular formula is C11H11F3N2O3S. The molecule has 110 valence electrons. The van der Waals surface area contributed by atoms with Gasteiger partial charge in [-0.2, -0.15) is 13.2 Å². The van der Waals surface area contributed by atoms with E-state index < -0.39 is 30.6 Å². The topological polar surface area (TPSA) is 62.5 Å². The van der Waals surface area contributed by atoms with E-state index in [0.717, 1.165) is 15.7 Å². The summed E-state index contributed by atoms with van der Waals surface area (Å²) in [7, 11) is 0. The average Bonchev–Trinajstić information content (AvgIpc) is 2.93. The van der Waals surface area contributed by atoms with Gasteiger partial charge in [0.25, 0.3) is 5.91 Å². The second-order valence-corrected chi connectivity index (χ2v) is 5.27. The number of hydrogen-bond acceptors (Lipinski definition) is 3. The van der Waals surface area contributed by atoms with Gasteiger partial charge in [0.15, 0.2) is 0 Å². The van der Waals surface area contributed by atoms with Crippen LogP contribution < -0.4 is 0 Å². The fourth-order valence-corrected chi connectivity index (χ4v) is 3.08. The maximum atomic E-state index is 12.4. The quantitative estimate of drug-likeness (QED) is 0.922. The van der Waals surface area contributed by atoms with Crippen LogP contribution in [0.3, 0.4) is 0 Å². The molecule has 2 heterocycles. The lowest BCUT2D eigenvalue weighted by molar-refractivity contribution is -0.142. The van der Waals surface area contributed by atoms with Crippen molar-refractivity contribution in [3.63, 3.8) is 0 Å². The number of aromatic nitrogens is 1. The summed E-state index contributed by atoms with van der Waals surface area (Å²) in [5.74, 6) is -1.46. The fraction of sp³-hybridized carbons (Fsp3) is 0.455. The molecular weight excluding hydrogens is 297 g/mol. The van der Waals surface area contributed by atoms with Crippen LogP contribution >= 0.6 is 11.8 Å². The normalized spacial score (nSPS) is 19.4. The van der Waals surface area contributed by atoms with E-state index in [4.69, 9.17) is 5.11 Å². The first-order chi connectivity index (χ1) is 9.29. The van der Waals surface area contributed by atoms with E-state index >= 15 is 0 Å². The number of alkyl halides is 3. The van der Waals surface area contributed by atoms with Crippen LogP contribution in [0.2, 0.25) is 0 Å². The van der Waals surface area contributed by atoms with Crippen LogP contribution in [0.15, 0.2) is 18.3 Å². The van der Waals surface area contributed by atoms with Crippen molar-refractivity contribution in [1.29, 1.82) is 0 Å². The first-order valence-corrected chi connectivity index (χ1v) is 6.78. The van der Waals surface area contributed by atoms with Gasteiger partial charge in [0, 0.05) is 11.9 Å². The van der Waals surface area contributed by atoms with Gasteiger partial charge in [0.1, 0.15) is 18.3 Å². The summed E-state index contributed by atoms with van der Waals surface area (Å²) in [5, 5.41) is 8.99. The van der Waals surface area contributed by atoms with Gasteiger partial charge in [-0.05, 0) is 12.1 Å². The molecule has 1 N–H and O–H groups in total. The number of rotatable bonds is 3. The second-order valence-electron chi connectivity index (χ2n) is 4.27. The Morgan fingerprint density at radius 3 is 2.75 bits per heavy atom. The highest BCUT2D eigenvalue weighted by Crippen LogP contribution is 2.25. The number of aliphatic carboxylic acids is 1. The summed E-state index contributed by atoms with van der Waals surface area (Å²) < 4.78 is 38.0. The third-order valence-electron chi connectivity index (χ3n) is 2.83. The highest BCUT2D eigenvalue weighted by atomic mass is 32.2. The standard InChI is InChI=1S/C11H11F3N2O3S/c12-11(13,14)5-15-3-1-2-7(15)9(17)16-6-20-4-8(16)10(18)19/h1-3,8H,4-6H2,(H,18,19)/t8-/m0/s1. The van der Waals surface area contributed by atoms with Crippen molar-refractivity contribution >= 4 is 23.6 Å². The molecule has 1 aliphatic rings. The Bertz CT molecular complexity index is 529. The van der Waals surface area contributed by atoms with Crippen molar-refractivity contribution in [2.75, 3.05) is 11.6 Å². The number of thioether (sulfide) groups is 1. The maximum Gasteiger partial charge on any atom is 0.406 e. The monoisotopic (exact) mass is 308 g/mol. The van der Waals surface area contributed by atoms with Crippen LogP contribution in [0, 0.1) is 0 Å². The van der Waals surface area contributed by atoms with Crippen LogP contribution in [-0.4, -0.2) is 50.3 Å². The Morgan fingerprint density at radius 1 is 1.45 bits per heavy atom. The summed E-state index contributed by atoms with van der Waals surface area (Å²) >= 11 is 1.26. The zero-order chi connectivity index (χ0) is 14.9. The lowest BCUT2D eigenvalue weighted by Crippen LogP contribution is -2.42. The molecule has 0 aromatic carbocycles. The summed E-state index contributed by atoms with van der Waals surface area (Å²) in [6, 6.07) is 1.59. The van der Waals surface area contributed by atoms with Crippen molar-refractivity contribution in [3.05, 3.63) is 24.0 Å². The number of halogens is 3. The van der Waals surface area contributed by atoms with Crippen LogP contribution in [0.4, 0.5) is 13.2 Å². The number of amides is 1. The molecule has 1 aliphatic heterocycles. The zero-order valence-electron chi connectivity index (χ0n) is 10.1. The van der Waals surface area contributed by atoms with Gasteiger partial charge in [0.05, 0.1) is 5.88 Å². The van der Waals surface area contributed by atoms with E-state index in [-0.39, 0.29) is 17.3 Å². The summed E-state index contributed by atoms with van der Waals surface area (Å²) in [4.78, 5) is 24.3. The van der Waals surface area contributed by atoms with Gasteiger partial charge in [0.2, 0.25) is 0 Å². The summed E-state index contributed by atoms with van der Waals surface area (Å²) in [6.45, 7) is -1.28. The van der Waals surface area contributed by atoms with Crippen molar-refractivity contribution < 1.29 is 27.9 Å². The van der Waals surface area contributed by atoms with E-state index in [1.54, 1.807) is 0 Å². The molecule has 0 spiro atoms. The molecule has 1 atom stereocenters. The molecule has 1 aromatic heterocycles. The molecule has 2 rings (SSSR count). The third-order valence-corrected chi connectivity index (χ3v) is 3.84. The molecule has 1 saturated heterocycles. The molecule has 0 radical (unpaired) electrons. The van der Waals surface area contributed by atoms with Crippen LogP contribution in [0.1, 0.15) is 10.5 Å². The van der Waals surface area contributed by atoms with Crippen molar-refractivity contribution in [1.82, 2.24) is 9.47 Å². The number of carboxylic acid groups (broad SMARTS) is 1. The summed E-state index contributed by atoms with van der Waals surface area (Å²) in [6.07, 6.45) is -3.29.